The second-order valence-corrected chi connectivity index (χ2v) is 10.6. The number of nitro benzene ring substituents is 1. The Balaban J connectivity index is 1.39. The van der Waals surface area contributed by atoms with E-state index in [0.29, 0.717) is 16.9 Å². The molecule has 2 aromatic carbocycles. The molecule has 0 aromatic heterocycles. The highest BCUT2D eigenvalue weighted by molar-refractivity contribution is 6.30. The molecule has 0 N–H and O–H groups in total. The van der Waals surface area contributed by atoms with Crippen molar-refractivity contribution in [3.8, 4) is 0 Å². The van der Waals surface area contributed by atoms with Gasteiger partial charge in [0.05, 0.1) is 16.8 Å². The van der Waals surface area contributed by atoms with Crippen LogP contribution in [-0.2, 0) is 9.59 Å². The number of hydrogen-bond donors (Lipinski definition) is 0. The van der Waals surface area contributed by atoms with Gasteiger partial charge in [-0.1, -0.05) is 23.8 Å². The molecule has 10 heteroatoms. The molecule has 7 atom stereocenters. The molecule has 4 aliphatic carbocycles. The number of hydrogen-bond acceptors (Lipinski definition) is 6. The van der Waals surface area contributed by atoms with Gasteiger partial charge in [-0.05, 0) is 73.4 Å². The number of Topliss-reactive ketones (excluding diaryl/α,β-unsaturated/α-hetero) is 1. The maximum atomic E-state index is 13.8. The zero-order valence-electron chi connectivity index (χ0n) is 19.7. The molecule has 0 unspecified atom stereocenters. The van der Waals surface area contributed by atoms with Crippen LogP contribution >= 0.6 is 11.6 Å². The number of rotatable bonds is 6. The average molecular weight is 520 g/mol. The monoisotopic (exact) mass is 519 g/mol. The maximum absolute atomic E-state index is 13.8. The molecule has 5 aliphatic rings. The average Bonchev–Trinajstić information content (AvgIpc) is 3.68. The fourth-order valence-corrected chi connectivity index (χ4v) is 6.54. The Bertz CT molecular complexity index is 1350. The van der Waals surface area contributed by atoms with E-state index in [1.165, 1.54) is 43.3 Å². The molecule has 0 radical (unpaired) electrons. The number of amides is 3. The quantitative estimate of drug-likeness (QED) is 0.188. The summed E-state index contributed by atoms with van der Waals surface area (Å²) >= 11 is 5.96. The van der Waals surface area contributed by atoms with Crippen molar-refractivity contribution < 1.29 is 24.1 Å². The standard InChI is InChI=1S/C27H22ClN3O6/c1-13(24(32)14-2-6-16(28)7-3-14)29(25(33)15-4-8-17(9-5-15)31(36)37)30-26(34)22-18-10-11-19(21-12-20(18)21)23(22)27(30)35/h2-11,13,18-23H,12H2,1H3/t13-,18+,19+,20+,21+,22-,23+/m1/s1. The molecule has 1 heterocycles. The Morgan fingerprint density at radius 1 is 0.946 bits per heavy atom. The Kier molecular flexibility index (Phi) is 5.31. The van der Waals surface area contributed by atoms with Gasteiger partial charge in [0, 0.05) is 28.3 Å². The van der Waals surface area contributed by atoms with E-state index in [1.807, 2.05) is 12.2 Å². The van der Waals surface area contributed by atoms with Gasteiger partial charge >= 0.3 is 0 Å². The van der Waals surface area contributed by atoms with Crippen molar-refractivity contribution in [3.63, 3.8) is 0 Å². The van der Waals surface area contributed by atoms with Gasteiger partial charge in [-0.25, -0.2) is 5.01 Å². The SMILES string of the molecule is C[C@H](C(=O)c1ccc(Cl)cc1)N(C(=O)c1ccc([N+](=O)[O-])cc1)N1C(=O)[C@@H]2[C@H]3C=C[C@@H]([C@@H]4C[C@@H]34)[C@@H]2C1=O. The van der Waals surface area contributed by atoms with Crippen LogP contribution in [0.3, 0.4) is 0 Å². The second-order valence-electron chi connectivity index (χ2n) is 10.1. The number of nitrogens with zero attached hydrogens (tertiary/aromatic N) is 3. The highest BCUT2D eigenvalue weighted by Crippen LogP contribution is 2.65. The molecule has 9 nitrogen and oxygen atoms in total. The van der Waals surface area contributed by atoms with Gasteiger partial charge in [-0.3, -0.25) is 29.3 Å². The van der Waals surface area contributed by atoms with Crippen LogP contribution in [0, 0.1) is 45.6 Å². The smallest absolute Gasteiger partial charge is 0.273 e. The zero-order chi connectivity index (χ0) is 26.2. The summed E-state index contributed by atoms with van der Waals surface area (Å²) < 4.78 is 0. The first-order valence-electron chi connectivity index (χ1n) is 12.1. The van der Waals surface area contributed by atoms with E-state index in [0.717, 1.165) is 16.4 Å². The minimum Gasteiger partial charge on any atom is -0.292 e. The predicted octanol–water partition coefficient (Wildman–Crippen LogP) is 3.93. The predicted molar refractivity (Wildman–Crippen MR) is 131 cm³/mol. The van der Waals surface area contributed by atoms with Crippen LogP contribution in [0.5, 0.6) is 0 Å². The van der Waals surface area contributed by atoms with Crippen LogP contribution in [-0.4, -0.2) is 44.5 Å². The number of carbonyl (C=O) groups excluding carboxylic acids is 4. The highest BCUT2D eigenvalue weighted by atomic mass is 35.5. The summed E-state index contributed by atoms with van der Waals surface area (Å²) in [6.45, 7) is 1.47. The molecule has 3 fully saturated rings. The summed E-state index contributed by atoms with van der Waals surface area (Å²) in [5.74, 6) is -2.69. The van der Waals surface area contributed by atoms with Crippen molar-refractivity contribution in [2.45, 2.75) is 19.4 Å². The summed E-state index contributed by atoms with van der Waals surface area (Å²) in [7, 11) is 0. The number of benzene rings is 2. The molecule has 1 saturated heterocycles. The Labute approximate surface area is 216 Å². The Morgan fingerprint density at radius 3 is 1.97 bits per heavy atom. The van der Waals surface area contributed by atoms with E-state index in [-0.39, 0.29) is 28.7 Å². The number of nitro groups is 1. The lowest BCUT2D eigenvalue weighted by Gasteiger charge is -2.37. The van der Waals surface area contributed by atoms with Crippen molar-refractivity contribution in [2.75, 3.05) is 0 Å². The molecule has 3 amide bonds. The minimum atomic E-state index is -1.21. The van der Waals surface area contributed by atoms with E-state index in [2.05, 4.69) is 0 Å². The molecule has 2 saturated carbocycles. The summed E-state index contributed by atoms with van der Waals surface area (Å²) in [5, 5.41) is 13.3. The number of carbonyl (C=O) groups is 4. The fourth-order valence-electron chi connectivity index (χ4n) is 6.42. The normalized spacial score (nSPS) is 29.5. The summed E-state index contributed by atoms with van der Waals surface area (Å²) in [6.07, 6.45) is 5.05. The van der Waals surface area contributed by atoms with Crippen LogP contribution in [0.1, 0.15) is 34.1 Å². The maximum Gasteiger partial charge on any atom is 0.273 e. The number of ketones is 1. The molecular weight excluding hydrogens is 498 g/mol. The molecule has 1 aliphatic heterocycles. The van der Waals surface area contributed by atoms with Gasteiger partial charge in [-0.2, -0.15) is 5.01 Å². The third kappa shape index (κ3) is 3.52. The van der Waals surface area contributed by atoms with Gasteiger partial charge in [0.2, 0.25) is 0 Å². The van der Waals surface area contributed by atoms with Crippen LogP contribution in [0.4, 0.5) is 5.69 Å². The van der Waals surface area contributed by atoms with Gasteiger partial charge in [0.25, 0.3) is 23.4 Å². The molecule has 37 heavy (non-hydrogen) atoms. The van der Waals surface area contributed by atoms with Crippen molar-refractivity contribution in [1.29, 1.82) is 0 Å². The van der Waals surface area contributed by atoms with Crippen LogP contribution in [0.25, 0.3) is 0 Å². The van der Waals surface area contributed by atoms with Crippen molar-refractivity contribution in [3.05, 3.63) is 86.9 Å². The third-order valence-electron chi connectivity index (χ3n) is 8.26. The van der Waals surface area contributed by atoms with Crippen LogP contribution in [0.2, 0.25) is 5.02 Å². The minimum absolute atomic E-state index is 0.0146. The fraction of sp³-hybridized carbons (Fsp3) is 0.333. The van der Waals surface area contributed by atoms with Crippen LogP contribution < -0.4 is 0 Å². The molecule has 188 valence electrons. The largest absolute Gasteiger partial charge is 0.292 e. The second kappa shape index (κ2) is 8.34. The number of allylic oxidation sites excluding steroid dienone is 2. The first-order chi connectivity index (χ1) is 17.7. The lowest BCUT2D eigenvalue weighted by molar-refractivity contribution is -0.384. The third-order valence-corrected chi connectivity index (χ3v) is 8.52. The lowest BCUT2D eigenvalue weighted by atomic mass is 9.63. The molecular formula is C27H22ClN3O6. The number of hydrazine groups is 1. The van der Waals surface area contributed by atoms with Gasteiger partial charge in [-0.15, -0.1) is 0 Å². The molecule has 7 rings (SSSR count). The summed E-state index contributed by atoms with van der Waals surface area (Å²) in [6, 6.07) is 9.75. The number of imide groups is 1. The van der Waals surface area contributed by atoms with E-state index in [1.54, 1.807) is 12.1 Å². The Morgan fingerprint density at radius 2 is 1.46 bits per heavy atom. The first-order valence-corrected chi connectivity index (χ1v) is 12.5. The lowest BCUT2D eigenvalue weighted by Crippen LogP contribution is -2.56. The molecule has 2 aromatic rings. The van der Waals surface area contributed by atoms with Gasteiger partial charge in [0.15, 0.2) is 5.78 Å². The molecule has 2 bridgehead atoms. The van der Waals surface area contributed by atoms with E-state index >= 15 is 0 Å². The van der Waals surface area contributed by atoms with Gasteiger partial charge in [0.1, 0.15) is 6.04 Å². The van der Waals surface area contributed by atoms with Crippen LogP contribution in [0.15, 0.2) is 60.7 Å². The van der Waals surface area contributed by atoms with E-state index < -0.39 is 46.3 Å². The van der Waals surface area contributed by atoms with E-state index in [9.17, 15) is 29.3 Å². The van der Waals surface area contributed by atoms with Gasteiger partial charge < -0.3 is 0 Å². The van der Waals surface area contributed by atoms with Crippen molar-refractivity contribution in [1.82, 2.24) is 10.0 Å². The van der Waals surface area contributed by atoms with Crippen molar-refractivity contribution >= 4 is 40.8 Å². The van der Waals surface area contributed by atoms with Crippen molar-refractivity contribution in [2.24, 2.45) is 35.5 Å². The topological polar surface area (TPSA) is 118 Å². The molecule has 0 spiro atoms. The summed E-state index contributed by atoms with van der Waals surface area (Å²) in [5.41, 5.74) is 0.0632. The number of non-ortho nitro benzene ring substituents is 1. The van der Waals surface area contributed by atoms with E-state index in [4.69, 9.17) is 11.6 Å². The zero-order valence-corrected chi connectivity index (χ0v) is 20.4. The number of halogens is 1. The summed E-state index contributed by atoms with van der Waals surface area (Å²) in [4.78, 5) is 65.4. The Hall–Kier alpha value is -3.85. The highest BCUT2D eigenvalue weighted by Gasteiger charge is 2.68. The first kappa shape index (κ1) is 23.5.